The maximum absolute atomic E-state index is 11.0. The van der Waals surface area contributed by atoms with Crippen molar-refractivity contribution in [3.63, 3.8) is 0 Å². The normalized spacial score (nSPS) is 36.2. The summed E-state index contributed by atoms with van der Waals surface area (Å²) < 4.78 is 4.24. The first-order valence-corrected chi connectivity index (χ1v) is 3.74. The maximum atomic E-state index is 11.0. The van der Waals surface area contributed by atoms with E-state index in [4.69, 9.17) is 26.9 Å². The lowest BCUT2D eigenvalue weighted by Crippen LogP contribution is -2.46. The molecule has 0 aromatic rings. The molecule has 1 saturated heterocycles. The van der Waals surface area contributed by atoms with Gasteiger partial charge in [-0.3, -0.25) is 4.79 Å². The summed E-state index contributed by atoms with van der Waals surface area (Å²) in [6.45, 7) is -0.852. The van der Waals surface area contributed by atoms with Crippen molar-refractivity contribution in [1.29, 1.82) is 0 Å². The van der Waals surface area contributed by atoms with E-state index in [9.17, 15) is 9.59 Å². The van der Waals surface area contributed by atoms with Gasteiger partial charge in [-0.25, -0.2) is 4.79 Å². The molecule has 1 aliphatic heterocycles. The molecule has 0 bridgehead atoms. The molecule has 0 radical (unpaired) electrons. The smallest absolute Gasteiger partial charge is 0.345 e. The van der Waals surface area contributed by atoms with Gasteiger partial charge in [0.15, 0.2) is 0 Å². The molecule has 3 atom stereocenters. The largest absolute Gasteiger partial charge is 0.430 e. The SMILES string of the molecule is O=C1O[C@](Cl)([C@H](O)CO)C(=O)C1O. The molecule has 1 unspecified atom stereocenters. The summed E-state index contributed by atoms with van der Waals surface area (Å²) in [5, 5.41) is 24.0. The van der Waals surface area contributed by atoms with Gasteiger partial charge in [-0.2, -0.15) is 0 Å². The fraction of sp³-hybridized carbons (Fsp3) is 0.667. The fourth-order valence-electron chi connectivity index (χ4n) is 0.896. The Morgan fingerprint density at radius 2 is 2.15 bits per heavy atom. The minimum atomic E-state index is -2.36. The number of carbonyl (C=O) groups is 2. The van der Waals surface area contributed by atoms with E-state index in [0.717, 1.165) is 0 Å². The number of hydrogen-bond acceptors (Lipinski definition) is 6. The van der Waals surface area contributed by atoms with Gasteiger partial charge < -0.3 is 20.1 Å². The van der Waals surface area contributed by atoms with Crippen molar-refractivity contribution in [3.8, 4) is 0 Å². The summed E-state index contributed by atoms with van der Waals surface area (Å²) in [6.07, 6.45) is -3.73. The van der Waals surface area contributed by atoms with E-state index >= 15 is 0 Å². The van der Waals surface area contributed by atoms with E-state index in [-0.39, 0.29) is 0 Å². The number of aliphatic hydroxyl groups excluding tert-OH is 3. The minimum absolute atomic E-state index is 0.852. The second-order valence-corrected chi connectivity index (χ2v) is 3.09. The second-order valence-electron chi connectivity index (χ2n) is 2.53. The van der Waals surface area contributed by atoms with Crippen molar-refractivity contribution in [3.05, 3.63) is 0 Å². The van der Waals surface area contributed by atoms with Crippen LogP contribution in [0.1, 0.15) is 0 Å². The zero-order valence-corrected chi connectivity index (χ0v) is 7.06. The van der Waals surface area contributed by atoms with Crippen molar-refractivity contribution in [2.24, 2.45) is 0 Å². The Balaban J connectivity index is 2.94. The molecule has 0 spiro atoms. The number of ketones is 1. The van der Waals surface area contributed by atoms with E-state index in [0.29, 0.717) is 0 Å². The average molecular weight is 211 g/mol. The summed E-state index contributed by atoms with van der Waals surface area (Å²) >= 11 is 5.40. The van der Waals surface area contributed by atoms with Crippen molar-refractivity contribution >= 4 is 23.4 Å². The number of hydrogen-bond donors (Lipinski definition) is 3. The van der Waals surface area contributed by atoms with Crippen molar-refractivity contribution in [2.75, 3.05) is 6.61 Å². The molecule has 13 heavy (non-hydrogen) atoms. The topological polar surface area (TPSA) is 104 Å². The number of aliphatic hydroxyl groups is 3. The average Bonchev–Trinajstić information content (AvgIpc) is 2.30. The van der Waals surface area contributed by atoms with Crippen LogP contribution in [0.4, 0.5) is 0 Å². The first-order chi connectivity index (χ1) is 5.93. The zero-order chi connectivity index (χ0) is 10.2. The first kappa shape index (κ1) is 10.4. The highest BCUT2D eigenvalue weighted by Crippen LogP contribution is 2.31. The van der Waals surface area contributed by atoms with Crippen molar-refractivity contribution < 1.29 is 29.6 Å². The van der Waals surface area contributed by atoms with Gasteiger partial charge >= 0.3 is 5.97 Å². The molecule has 0 saturated carbocycles. The lowest BCUT2D eigenvalue weighted by Gasteiger charge is -2.22. The molecule has 3 N–H and O–H groups in total. The minimum Gasteiger partial charge on any atom is -0.430 e. The Kier molecular flexibility index (Phi) is 2.58. The summed E-state index contributed by atoms with van der Waals surface area (Å²) in [4.78, 5) is 21.7. The van der Waals surface area contributed by atoms with Crippen LogP contribution < -0.4 is 0 Å². The number of esters is 1. The van der Waals surface area contributed by atoms with Crippen LogP contribution in [-0.2, 0) is 14.3 Å². The summed E-state index contributed by atoms with van der Waals surface area (Å²) in [6, 6.07) is 0. The van der Waals surface area contributed by atoms with Crippen LogP contribution in [-0.4, -0.2) is 50.9 Å². The second kappa shape index (κ2) is 3.22. The van der Waals surface area contributed by atoms with Gasteiger partial charge in [0.2, 0.25) is 11.9 Å². The Morgan fingerprint density at radius 1 is 1.62 bits per heavy atom. The van der Waals surface area contributed by atoms with E-state index in [2.05, 4.69) is 4.74 Å². The number of cyclic esters (lactones) is 1. The van der Waals surface area contributed by atoms with Gasteiger partial charge in [0.25, 0.3) is 5.06 Å². The number of alkyl halides is 1. The molecule has 1 fully saturated rings. The molecule has 0 aliphatic carbocycles. The van der Waals surface area contributed by atoms with E-state index in [1.165, 1.54) is 0 Å². The van der Waals surface area contributed by atoms with E-state index in [1.54, 1.807) is 0 Å². The van der Waals surface area contributed by atoms with Crippen LogP contribution in [0.25, 0.3) is 0 Å². The van der Waals surface area contributed by atoms with Crippen molar-refractivity contribution in [1.82, 2.24) is 0 Å². The number of ether oxygens (including phenoxy) is 1. The molecule has 0 aromatic carbocycles. The summed E-state index contributed by atoms with van der Waals surface area (Å²) in [7, 11) is 0. The molecule has 7 heteroatoms. The first-order valence-electron chi connectivity index (χ1n) is 3.36. The Bertz CT molecular complexity index is 254. The Morgan fingerprint density at radius 3 is 2.46 bits per heavy atom. The predicted molar refractivity (Wildman–Crippen MR) is 38.8 cm³/mol. The van der Waals surface area contributed by atoms with Gasteiger partial charge in [0, 0.05) is 0 Å². The van der Waals surface area contributed by atoms with Crippen LogP contribution in [0.3, 0.4) is 0 Å². The Hall–Kier alpha value is -0.690. The highest BCUT2D eigenvalue weighted by Gasteiger charge is 2.58. The molecule has 1 rings (SSSR count). The quantitative estimate of drug-likeness (QED) is 0.271. The standard InChI is InChI=1S/C6H7ClO6/c7-6(2(9)1-8)4(11)3(10)5(12)13-6/h2-3,8-10H,1H2/t2-,3?,6-/m1/s1. The Labute approximate surface area is 77.7 Å². The summed E-state index contributed by atoms with van der Waals surface area (Å²) in [5.41, 5.74) is 0. The van der Waals surface area contributed by atoms with Crippen LogP contribution in [0.5, 0.6) is 0 Å². The molecule has 0 aromatic heterocycles. The predicted octanol–water partition coefficient (Wildman–Crippen LogP) is -2.24. The van der Waals surface area contributed by atoms with Gasteiger partial charge in [-0.15, -0.1) is 0 Å². The third-order valence-electron chi connectivity index (χ3n) is 1.66. The third kappa shape index (κ3) is 1.42. The van der Waals surface area contributed by atoms with E-state index in [1.807, 2.05) is 0 Å². The van der Waals surface area contributed by atoms with Crippen LogP contribution in [0, 0.1) is 0 Å². The number of carbonyl (C=O) groups excluding carboxylic acids is 2. The number of Topliss-reactive ketones (excluding diaryl/α,β-unsaturated/α-hetero) is 1. The van der Waals surface area contributed by atoms with E-state index < -0.39 is 35.6 Å². The molecule has 1 aliphatic rings. The fourth-order valence-corrected chi connectivity index (χ4v) is 1.14. The highest BCUT2D eigenvalue weighted by atomic mass is 35.5. The lowest BCUT2D eigenvalue weighted by molar-refractivity contribution is -0.155. The number of rotatable bonds is 2. The maximum Gasteiger partial charge on any atom is 0.345 e. The third-order valence-corrected chi connectivity index (χ3v) is 2.17. The molecule has 6 nitrogen and oxygen atoms in total. The molecule has 0 amide bonds. The highest BCUT2D eigenvalue weighted by molar-refractivity contribution is 6.39. The molecule has 1 heterocycles. The van der Waals surface area contributed by atoms with Gasteiger partial charge in [-0.1, -0.05) is 11.6 Å². The van der Waals surface area contributed by atoms with Crippen LogP contribution >= 0.6 is 11.6 Å². The summed E-state index contributed by atoms with van der Waals surface area (Å²) in [5.74, 6) is -2.40. The van der Waals surface area contributed by atoms with Crippen LogP contribution in [0.2, 0.25) is 0 Å². The van der Waals surface area contributed by atoms with Crippen molar-refractivity contribution in [2.45, 2.75) is 17.3 Å². The van der Waals surface area contributed by atoms with Gasteiger partial charge in [0.1, 0.15) is 6.10 Å². The van der Waals surface area contributed by atoms with Crippen LogP contribution in [0.15, 0.2) is 0 Å². The van der Waals surface area contributed by atoms with Gasteiger partial charge in [0.05, 0.1) is 6.61 Å². The zero-order valence-electron chi connectivity index (χ0n) is 6.31. The number of halogens is 1. The van der Waals surface area contributed by atoms with Gasteiger partial charge in [-0.05, 0) is 0 Å². The molecular weight excluding hydrogens is 204 g/mol. The molecular formula is C6H7ClO6. The monoisotopic (exact) mass is 210 g/mol. The lowest BCUT2D eigenvalue weighted by atomic mass is 10.1. The molecule has 74 valence electrons.